The second-order valence-corrected chi connectivity index (χ2v) is 5.84. The van der Waals surface area contributed by atoms with Gasteiger partial charge in [-0.2, -0.15) is 0 Å². The molecule has 2 rings (SSSR count). The van der Waals surface area contributed by atoms with E-state index in [-0.39, 0.29) is 18.1 Å². The number of hydrogen-bond acceptors (Lipinski definition) is 3. The van der Waals surface area contributed by atoms with Crippen molar-refractivity contribution < 1.29 is 8.78 Å². The van der Waals surface area contributed by atoms with E-state index >= 15 is 0 Å². The molecule has 0 fully saturated rings. The Bertz CT molecular complexity index is 684. The normalized spacial score (nSPS) is 13.1. The second kappa shape index (κ2) is 9.08. The Morgan fingerprint density at radius 2 is 1.92 bits per heavy atom. The summed E-state index contributed by atoms with van der Waals surface area (Å²) in [7, 11) is 3.49. The molecule has 0 amide bonds. The van der Waals surface area contributed by atoms with Crippen molar-refractivity contribution in [2.24, 2.45) is 10.7 Å². The van der Waals surface area contributed by atoms with Crippen LogP contribution in [0.2, 0.25) is 0 Å². The first-order valence-electron chi connectivity index (χ1n) is 8.03. The Labute approximate surface area is 146 Å². The number of nitrogens with zero attached hydrogens (tertiary/aromatic N) is 3. The molecule has 0 spiro atoms. The van der Waals surface area contributed by atoms with Crippen molar-refractivity contribution in [1.82, 2.24) is 15.2 Å². The van der Waals surface area contributed by atoms with Gasteiger partial charge in [-0.05, 0) is 38.4 Å². The lowest BCUT2D eigenvalue weighted by atomic mass is 10.0. The van der Waals surface area contributed by atoms with E-state index in [4.69, 9.17) is 5.73 Å². The molecule has 0 aliphatic rings. The fraction of sp³-hybridized carbons (Fsp3) is 0.333. The first kappa shape index (κ1) is 18.8. The van der Waals surface area contributed by atoms with Crippen molar-refractivity contribution in [3.8, 4) is 0 Å². The van der Waals surface area contributed by atoms with Crippen LogP contribution in [0.1, 0.15) is 17.3 Å². The molecule has 1 atom stereocenters. The van der Waals surface area contributed by atoms with Crippen LogP contribution < -0.4 is 11.1 Å². The molecule has 1 aromatic heterocycles. The molecule has 0 aliphatic carbocycles. The van der Waals surface area contributed by atoms with Gasteiger partial charge in [-0.1, -0.05) is 12.1 Å². The van der Waals surface area contributed by atoms with E-state index in [9.17, 15) is 8.78 Å². The van der Waals surface area contributed by atoms with Crippen LogP contribution in [0, 0.1) is 11.6 Å². The van der Waals surface area contributed by atoms with Gasteiger partial charge in [0.05, 0.1) is 12.6 Å². The molecule has 5 nitrogen and oxygen atoms in total. The molecule has 1 unspecified atom stereocenters. The topological polar surface area (TPSA) is 66.5 Å². The zero-order chi connectivity index (χ0) is 18.2. The maximum absolute atomic E-state index is 14.0. The van der Waals surface area contributed by atoms with E-state index in [0.29, 0.717) is 13.0 Å². The van der Waals surface area contributed by atoms with Crippen LogP contribution in [0.4, 0.5) is 8.78 Å². The summed E-state index contributed by atoms with van der Waals surface area (Å²) in [6, 6.07) is 8.99. The number of rotatable bonds is 7. The summed E-state index contributed by atoms with van der Waals surface area (Å²) in [6.07, 6.45) is 2.44. The Balaban J connectivity index is 1.96. The molecule has 7 heteroatoms. The van der Waals surface area contributed by atoms with Crippen molar-refractivity contribution in [2.45, 2.75) is 12.5 Å². The van der Waals surface area contributed by atoms with E-state index in [0.717, 1.165) is 5.69 Å². The van der Waals surface area contributed by atoms with E-state index in [2.05, 4.69) is 15.3 Å². The molecular formula is C18H23F2N5. The third kappa shape index (κ3) is 5.49. The minimum absolute atomic E-state index is 0.00228. The number of aliphatic imine (C=N–C) groups is 1. The third-order valence-corrected chi connectivity index (χ3v) is 3.80. The number of benzene rings is 1. The number of pyridine rings is 1. The van der Waals surface area contributed by atoms with Gasteiger partial charge in [0.1, 0.15) is 11.6 Å². The molecule has 3 N–H and O–H groups in total. The molecule has 1 aromatic carbocycles. The average molecular weight is 347 g/mol. The summed E-state index contributed by atoms with van der Waals surface area (Å²) in [5.41, 5.74) is 6.80. The van der Waals surface area contributed by atoms with Gasteiger partial charge in [-0.15, -0.1) is 0 Å². The number of aromatic nitrogens is 1. The van der Waals surface area contributed by atoms with Gasteiger partial charge in [0.2, 0.25) is 0 Å². The SMILES string of the molecule is CN(C)C(CN=C(N)NCCc1ccccn1)c1c(F)cccc1F. The first-order valence-corrected chi connectivity index (χ1v) is 8.03. The molecule has 0 aliphatic heterocycles. The number of halogens is 2. The summed E-state index contributed by atoms with van der Waals surface area (Å²) in [5.74, 6) is -0.939. The Kier molecular flexibility index (Phi) is 6.82. The first-order chi connectivity index (χ1) is 12.0. The fourth-order valence-electron chi connectivity index (χ4n) is 2.45. The monoisotopic (exact) mass is 347 g/mol. The minimum atomic E-state index is -0.587. The Hall–Kier alpha value is -2.54. The van der Waals surface area contributed by atoms with Crippen LogP contribution >= 0.6 is 0 Å². The van der Waals surface area contributed by atoms with Gasteiger partial charge >= 0.3 is 0 Å². The molecule has 0 bridgehead atoms. The summed E-state index contributed by atoms with van der Waals surface area (Å²) in [6.45, 7) is 0.723. The second-order valence-electron chi connectivity index (χ2n) is 5.84. The average Bonchev–Trinajstić information content (AvgIpc) is 2.58. The van der Waals surface area contributed by atoms with Crippen LogP contribution in [0.15, 0.2) is 47.6 Å². The van der Waals surface area contributed by atoms with Gasteiger partial charge in [0.15, 0.2) is 5.96 Å². The van der Waals surface area contributed by atoms with Crippen molar-refractivity contribution in [2.75, 3.05) is 27.2 Å². The highest BCUT2D eigenvalue weighted by Gasteiger charge is 2.21. The van der Waals surface area contributed by atoms with Crippen molar-refractivity contribution in [1.29, 1.82) is 0 Å². The summed E-state index contributed by atoms with van der Waals surface area (Å²) in [5, 5.41) is 2.99. The van der Waals surface area contributed by atoms with Crippen molar-refractivity contribution in [3.05, 3.63) is 65.5 Å². The van der Waals surface area contributed by atoms with Gasteiger partial charge in [0.25, 0.3) is 0 Å². The van der Waals surface area contributed by atoms with Crippen LogP contribution in [-0.4, -0.2) is 43.0 Å². The highest BCUT2D eigenvalue weighted by molar-refractivity contribution is 5.77. The lowest BCUT2D eigenvalue weighted by Crippen LogP contribution is -2.34. The molecule has 134 valence electrons. The zero-order valence-electron chi connectivity index (χ0n) is 14.4. The quantitative estimate of drug-likeness (QED) is 0.595. The van der Waals surface area contributed by atoms with E-state index in [1.807, 2.05) is 18.2 Å². The smallest absolute Gasteiger partial charge is 0.188 e. The standard InChI is InChI=1S/C18H23F2N5/c1-25(2)16(17-14(19)7-5-8-15(17)20)12-24-18(21)23-11-9-13-6-3-4-10-22-13/h3-8,10,16H,9,11-12H2,1-2H3,(H3,21,23,24). The lowest BCUT2D eigenvalue weighted by molar-refractivity contribution is 0.290. The zero-order valence-corrected chi connectivity index (χ0v) is 14.4. The molecule has 2 aromatic rings. The highest BCUT2D eigenvalue weighted by atomic mass is 19.1. The molecule has 0 saturated carbocycles. The third-order valence-electron chi connectivity index (χ3n) is 3.80. The van der Waals surface area contributed by atoms with E-state index < -0.39 is 17.7 Å². The Morgan fingerprint density at radius 3 is 2.52 bits per heavy atom. The summed E-state index contributed by atoms with van der Waals surface area (Å²) >= 11 is 0. The summed E-state index contributed by atoms with van der Waals surface area (Å²) < 4.78 is 28.0. The van der Waals surface area contributed by atoms with Crippen molar-refractivity contribution in [3.63, 3.8) is 0 Å². The van der Waals surface area contributed by atoms with Crippen LogP contribution in [0.25, 0.3) is 0 Å². The Morgan fingerprint density at radius 1 is 1.20 bits per heavy atom. The molecule has 1 heterocycles. The van der Waals surface area contributed by atoms with Crippen LogP contribution in [0.3, 0.4) is 0 Å². The number of nitrogens with two attached hydrogens (primary N) is 1. The van der Waals surface area contributed by atoms with Gasteiger partial charge < -0.3 is 16.0 Å². The molecule has 25 heavy (non-hydrogen) atoms. The predicted molar refractivity (Wildman–Crippen MR) is 95.2 cm³/mol. The van der Waals surface area contributed by atoms with Crippen LogP contribution in [-0.2, 0) is 6.42 Å². The fourth-order valence-corrected chi connectivity index (χ4v) is 2.45. The lowest BCUT2D eigenvalue weighted by Gasteiger charge is -2.24. The summed E-state index contributed by atoms with van der Waals surface area (Å²) in [4.78, 5) is 10.2. The van der Waals surface area contributed by atoms with E-state index in [1.54, 1.807) is 25.2 Å². The predicted octanol–water partition coefficient (Wildman–Crippen LogP) is 2.11. The largest absolute Gasteiger partial charge is 0.370 e. The number of guanidine groups is 1. The minimum Gasteiger partial charge on any atom is -0.370 e. The van der Waals surface area contributed by atoms with Crippen LogP contribution in [0.5, 0.6) is 0 Å². The molecule has 0 saturated heterocycles. The number of nitrogens with one attached hydrogen (secondary N) is 1. The number of hydrogen-bond donors (Lipinski definition) is 2. The number of likely N-dealkylation sites (N-methyl/N-ethyl adjacent to an activating group) is 1. The van der Waals surface area contributed by atoms with E-state index in [1.165, 1.54) is 18.2 Å². The maximum atomic E-state index is 14.0. The highest BCUT2D eigenvalue weighted by Crippen LogP contribution is 2.24. The van der Waals surface area contributed by atoms with Gasteiger partial charge in [0, 0.05) is 30.4 Å². The maximum Gasteiger partial charge on any atom is 0.188 e. The van der Waals surface area contributed by atoms with Crippen molar-refractivity contribution >= 4 is 5.96 Å². The molecular weight excluding hydrogens is 324 g/mol. The van der Waals surface area contributed by atoms with Gasteiger partial charge in [-0.3, -0.25) is 9.98 Å². The molecule has 0 radical (unpaired) electrons. The van der Waals surface area contributed by atoms with Gasteiger partial charge in [-0.25, -0.2) is 8.78 Å².